The number of rotatable bonds is 5. The fourth-order valence-electron chi connectivity index (χ4n) is 2.54. The minimum absolute atomic E-state index is 0.264. The normalized spacial score (nSPS) is 10.4. The van der Waals surface area contributed by atoms with E-state index in [1.165, 1.54) is 0 Å². The molecule has 0 spiro atoms. The molecule has 0 aliphatic rings. The monoisotopic (exact) mass is 367 g/mol. The molecule has 27 heavy (non-hydrogen) atoms. The first-order chi connectivity index (χ1) is 12.9. The van der Waals surface area contributed by atoms with Crippen LogP contribution in [0.3, 0.4) is 0 Å². The number of hydrogen-bond acceptors (Lipinski definition) is 5. The van der Waals surface area contributed by atoms with Gasteiger partial charge in [0.15, 0.2) is 6.61 Å². The topological polar surface area (TPSA) is 139 Å². The Morgan fingerprint density at radius 3 is 2.78 bits per heavy atom. The van der Waals surface area contributed by atoms with Crippen LogP contribution in [-0.2, 0) is 4.79 Å². The van der Waals surface area contributed by atoms with Crippen LogP contribution in [0.25, 0.3) is 11.0 Å². The summed E-state index contributed by atoms with van der Waals surface area (Å²) in [7, 11) is 0. The van der Waals surface area contributed by atoms with Crippen molar-refractivity contribution >= 4 is 34.6 Å². The number of aromatic nitrogens is 2. The number of pyridine rings is 1. The molecular weight excluding hydrogens is 350 g/mol. The third-order valence-electron chi connectivity index (χ3n) is 3.78. The number of nitrogens with one attached hydrogen (secondary N) is 3. The number of ether oxygens (including phenoxy) is 1. The Kier molecular flexibility index (Phi) is 5.02. The van der Waals surface area contributed by atoms with Crippen molar-refractivity contribution in [1.29, 1.82) is 0 Å². The smallest absolute Gasteiger partial charge is 0.318 e. The quantitative estimate of drug-likeness (QED) is 0.543. The predicted molar refractivity (Wildman–Crippen MR) is 98.4 cm³/mol. The number of hydrogen-bond donors (Lipinski definition) is 4. The average molecular weight is 367 g/mol. The number of aryl methyl sites for hydroxylation is 1. The number of carbonyl (C=O) groups is 3. The van der Waals surface area contributed by atoms with Gasteiger partial charge in [0, 0.05) is 23.5 Å². The molecular formula is C18H17N5O4. The Hall–Kier alpha value is -3.88. The lowest BCUT2D eigenvalue weighted by Crippen LogP contribution is -2.38. The number of primary amides is 1. The Morgan fingerprint density at radius 1 is 1.22 bits per heavy atom. The van der Waals surface area contributed by atoms with Crippen LogP contribution >= 0.6 is 0 Å². The van der Waals surface area contributed by atoms with Gasteiger partial charge in [-0.1, -0.05) is 0 Å². The number of imide groups is 1. The van der Waals surface area contributed by atoms with E-state index in [0.29, 0.717) is 22.6 Å². The lowest BCUT2D eigenvalue weighted by molar-refractivity contribution is -0.121. The molecule has 138 valence electrons. The van der Waals surface area contributed by atoms with E-state index in [1.54, 1.807) is 49.6 Å². The van der Waals surface area contributed by atoms with Gasteiger partial charge in [-0.05, 0) is 42.8 Å². The van der Waals surface area contributed by atoms with Gasteiger partial charge >= 0.3 is 6.03 Å². The van der Waals surface area contributed by atoms with Crippen molar-refractivity contribution in [3.63, 3.8) is 0 Å². The highest BCUT2D eigenvalue weighted by Crippen LogP contribution is 2.23. The van der Waals surface area contributed by atoms with E-state index >= 15 is 0 Å². The van der Waals surface area contributed by atoms with Gasteiger partial charge < -0.3 is 20.8 Å². The van der Waals surface area contributed by atoms with Crippen molar-refractivity contribution in [2.24, 2.45) is 5.73 Å². The number of urea groups is 1. The van der Waals surface area contributed by atoms with Crippen LogP contribution in [0.5, 0.6) is 5.75 Å². The van der Waals surface area contributed by atoms with Gasteiger partial charge in [-0.2, -0.15) is 0 Å². The molecule has 0 aliphatic carbocycles. The maximum absolute atomic E-state index is 12.6. The summed E-state index contributed by atoms with van der Waals surface area (Å²) in [5.41, 5.74) is 7.35. The van der Waals surface area contributed by atoms with E-state index < -0.39 is 11.9 Å². The van der Waals surface area contributed by atoms with Crippen molar-refractivity contribution in [1.82, 2.24) is 15.3 Å². The van der Waals surface area contributed by atoms with Crippen molar-refractivity contribution in [2.45, 2.75) is 6.92 Å². The van der Waals surface area contributed by atoms with E-state index in [1.807, 2.05) is 5.32 Å². The molecule has 0 saturated heterocycles. The third-order valence-corrected chi connectivity index (χ3v) is 3.78. The molecule has 2 heterocycles. The number of amides is 4. The van der Waals surface area contributed by atoms with Gasteiger partial charge in [-0.25, -0.2) is 9.78 Å². The molecule has 9 nitrogen and oxygen atoms in total. The number of nitrogens with zero attached hydrogens (tertiary/aromatic N) is 1. The zero-order chi connectivity index (χ0) is 19.4. The van der Waals surface area contributed by atoms with Crippen LogP contribution in [0.4, 0.5) is 10.5 Å². The lowest BCUT2D eigenvalue weighted by Gasteiger charge is -2.11. The highest BCUT2D eigenvalue weighted by Gasteiger charge is 2.13. The van der Waals surface area contributed by atoms with Gasteiger partial charge in [0.2, 0.25) is 0 Å². The predicted octanol–water partition coefficient (Wildman–Crippen LogP) is 1.70. The maximum Gasteiger partial charge on any atom is 0.318 e. The van der Waals surface area contributed by atoms with E-state index in [0.717, 1.165) is 10.9 Å². The average Bonchev–Trinajstić information content (AvgIpc) is 3.10. The Labute approximate surface area is 153 Å². The van der Waals surface area contributed by atoms with Crippen LogP contribution in [-0.4, -0.2) is 34.4 Å². The Bertz CT molecular complexity index is 1030. The largest absolute Gasteiger partial charge is 0.484 e. The molecule has 0 atom stereocenters. The summed E-state index contributed by atoms with van der Waals surface area (Å²) >= 11 is 0. The van der Waals surface area contributed by atoms with Crippen LogP contribution in [0.2, 0.25) is 0 Å². The summed E-state index contributed by atoms with van der Waals surface area (Å²) in [4.78, 5) is 41.7. The Balaban J connectivity index is 1.69. The number of benzene rings is 1. The number of carbonyl (C=O) groups excluding carboxylic acids is 3. The van der Waals surface area contributed by atoms with E-state index in [-0.39, 0.29) is 12.5 Å². The van der Waals surface area contributed by atoms with Crippen molar-refractivity contribution < 1.29 is 19.1 Å². The summed E-state index contributed by atoms with van der Waals surface area (Å²) in [6.45, 7) is 1.45. The van der Waals surface area contributed by atoms with Crippen LogP contribution in [0, 0.1) is 6.92 Å². The van der Waals surface area contributed by atoms with Gasteiger partial charge in [0.25, 0.3) is 11.8 Å². The molecule has 0 bridgehead atoms. The highest BCUT2D eigenvalue weighted by molar-refractivity contribution is 6.12. The number of nitrogens with two attached hydrogens (primary N) is 1. The molecule has 1 aromatic carbocycles. The number of anilines is 1. The van der Waals surface area contributed by atoms with Gasteiger partial charge in [-0.15, -0.1) is 0 Å². The Morgan fingerprint density at radius 2 is 2.04 bits per heavy atom. The molecule has 0 aliphatic heterocycles. The van der Waals surface area contributed by atoms with E-state index in [2.05, 4.69) is 15.3 Å². The first-order valence-electron chi connectivity index (χ1n) is 8.00. The molecule has 0 radical (unpaired) electrons. The molecule has 3 aromatic rings. The molecule has 0 saturated carbocycles. The fourth-order valence-corrected chi connectivity index (χ4v) is 2.54. The molecule has 9 heteroatoms. The molecule has 0 fully saturated rings. The fraction of sp³-hybridized carbons (Fsp3) is 0.111. The lowest BCUT2D eigenvalue weighted by atomic mass is 10.1. The van der Waals surface area contributed by atoms with E-state index in [4.69, 9.17) is 10.5 Å². The summed E-state index contributed by atoms with van der Waals surface area (Å²) in [6, 6.07) is 7.45. The summed E-state index contributed by atoms with van der Waals surface area (Å²) in [5.74, 6) is -0.493. The van der Waals surface area contributed by atoms with Gasteiger partial charge in [0.05, 0.1) is 5.56 Å². The molecule has 4 amide bonds. The zero-order valence-electron chi connectivity index (χ0n) is 14.4. The van der Waals surface area contributed by atoms with Crippen LogP contribution in [0.15, 0.2) is 42.7 Å². The number of fused-ring (bicyclic) bond motifs is 1. The minimum atomic E-state index is -0.939. The first-order valence-corrected chi connectivity index (χ1v) is 8.00. The number of H-pyrrole nitrogens is 1. The first kappa shape index (κ1) is 17.9. The molecule has 3 rings (SSSR count). The van der Waals surface area contributed by atoms with Gasteiger partial charge in [0.1, 0.15) is 11.4 Å². The van der Waals surface area contributed by atoms with Crippen LogP contribution in [0.1, 0.15) is 15.9 Å². The summed E-state index contributed by atoms with van der Waals surface area (Å²) < 4.78 is 5.30. The maximum atomic E-state index is 12.6. The summed E-state index contributed by atoms with van der Waals surface area (Å²) in [5, 5.41) is 5.49. The van der Waals surface area contributed by atoms with E-state index in [9.17, 15) is 14.4 Å². The minimum Gasteiger partial charge on any atom is -0.484 e. The molecule has 0 unspecified atom stereocenters. The molecule has 5 N–H and O–H groups in total. The van der Waals surface area contributed by atoms with Crippen LogP contribution < -0.4 is 21.1 Å². The standard InChI is InChI=1S/C18H17N5O4/c1-10-8-11(27-9-15(24)23-18(19)26)2-3-14(10)22-17(25)13-5-7-21-16-12(13)4-6-20-16/h2-8H,9H2,1H3,(H,20,21)(H,22,25)(H3,19,23,24,26). The third kappa shape index (κ3) is 4.21. The van der Waals surface area contributed by atoms with Crippen molar-refractivity contribution in [3.8, 4) is 5.75 Å². The second-order valence-corrected chi connectivity index (χ2v) is 5.73. The number of aromatic amines is 1. The van der Waals surface area contributed by atoms with Gasteiger partial charge in [-0.3, -0.25) is 14.9 Å². The highest BCUT2D eigenvalue weighted by atomic mass is 16.5. The van der Waals surface area contributed by atoms with Crippen molar-refractivity contribution in [2.75, 3.05) is 11.9 Å². The summed E-state index contributed by atoms with van der Waals surface area (Å²) in [6.07, 6.45) is 3.29. The second-order valence-electron chi connectivity index (χ2n) is 5.73. The molecule has 2 aromatic heterocycles. The SMILES string of the molecule is Cc1cc(OCC(=O)NC(N)=O)ccc1NC(=O)c1ccnc2[nH]ccc12. The second kappa shape index (κ2) is 7.56. The van der Waals surface area contributed by atoms with Crippen molar-refractivity contribution in [3.05, 3.63) is 53.9 Å². The zero-order valence-corrected chi connectivity index (χ0v) is 14.4.